The lowest BCUT2D eigenvalue weighted by Crippen LogP contribution is -2.36. The largest absolute Gasteiger partial charge is 0.244 e. The van der Waals surface area contributed by atoms with Crippen LogP contribution in [0.1, 0.15) is 32.3 Å². The van der Waals surface area contributed by atoms with E-state index < -0.39 is 10.0 Å². The van der Waals surface area contributed by atoms with Crippen molar-refractivity contribution in [3.63, 3.8) is 0 Å². The molecule has 0 radical (unpaired) electrons. The van der Waals surface area contributed by atoms with Crippen molar-refractivity contribution in [2.75, 3.05) is 6.54 Å². The van der Waals surface area contributed by atoms with Crippen molar-refractivity contribution in [2.24, 2.45) is 5.92 Å². The Morgan fingerprint density at radius 3 is 2.55 bits per heavy atom. The van der Waals surface area contributed by atoms with Gasteiger partial charge in [0, 0.05) is 12.6 Å². The van der Waals surface area contributed by atoms with Gasteiger partial charge in [-0.2, -0.15) is 9.57 Å². The molecule has 0 aromatic heterocycles. The molecule has 0 N–H and O–H groups in total. The molecule has 0 unspecified atom stereocenters. The molecule has 108 valence electrons. The topological polar surface area (TPSA) is 61.2 Å². The standard InChI is InChI=1S/C14H17ClN2O2S/c1-10(2)9-17(12-4-5-12)20(18,19)14-6-3-11(8-16)7-13(14)15/h3,6-7,10,12H,4-5,9H2,1-2H3. The molecule has 0 amide bonds. The van der Waals surface area contributed by atoms with E-state index in [2.05, 4.69) is 0 Å². The summed E-state index contributed by atoms with van der Waals surface area (Å²) in [5.41, 5.74) is 0.357. The fourth-order valence-electron chi connectivity index (χ4n) is 2.07. The third-order valence-corrected chi connectivity index (χ3v) is 5.55. The van der Waals surface area contributed by atoms with Gasteiger partial charge in [0.05, 0.1) is 16.7 Å². The lowest BCUT2D eigenvalue weighted by Gasteiger charge is -2.24. The van der Waals surface area contributed by atoms with Crippen LogP contribution in [0.2, 0.25) is 5.02 Å². The molecule has 0 spiro atoms. The van der Waals surface area contributed by atoms with Crippen molar-refractivity contribution in [3.05, 3.63) is 28.8 Å². The van der Waals surface area contributed by atoms with Crippen molar-refractivity contribution >= 4 is 21.6 Å². The zero-order valence-corrected chi connectivity index (χ0v) is 13.1. The second kappa shape index (κ2) is 5.72. The Labute approximate surface area is 125 Å². The highest BCUT2D eigenvalue weighted by atomic mass is 35.5. The van der Waals surface area contributed by atoms with Crippen LogP contribution in [-0.2, 0) is 10.0 Å². The molecule has 1 aromatic rings. The molecule has 1 aromatic carbocycles. The average molecular weight is 313 g/mol. The normalized spacial score (nSPS) is 15.6. The van der Waals surface area contributed by atoms with Gasteiger partial charge in [-0.1, -0.05) is 25.4 Å². The van der Waals surface area contributed by atoms with E-state index >= 15 is 0 Å². The quantitative estimate of drug-likeness (QED) is 0.839. The van der Waals surface area contributed by atoms with Crippen molar-refractivity contribution in [1.82, 2.24) is 4.31 Å². The molecule has 6 heteroatoms. The summed E-state index contributed by atoms with van der Waals surface area (Å²) in [6.45, 7) is 4.47. The van der Waals surface area contributed by atoms with Crippen LogP contribution in [-0.4, -0.2) is 25.3 Å². The lowest BCUT2D eigenvalue weighted by atomic mass is 10.2. The van der Waals surface area contributed by atoms with E-state index in [1.165, 1.54) is 18.2 Å². The highest BCUT2D eigenvalue weighted by Crippen LogP contribution is 2.35. The minimum atomic E-state index is -3.60. The zero-order chi connectivity index (χ0) is 14.9. The molecule has 1 saturated carbocycles. The second-order valence-electron chi connectivity index (χ2n) is 5.46. The summed E-state index contributed by atoms with van der Waals surface area (Å²) in [6, 6.07) is 6.35. The van der Waals surface area contributed by atoms with E-state index in [1.54, 1.807) is 4.31 Å². The first-order valence-electron chi connectivity index (χ1n) is 6.57. The maximum atomic E-state index is 12.7. The summed E-state index contributed by atoms with van der Waals surface area (Å²) in [5, 5.41) is 8.92. The van der Waals surface area contributed by atoms with Crippen LogP contribution in [0.25, 0.3) is 0 Å². The smallest absolute Gasteiger partial charge is 0.207 e. The molecule has 0 aliphatic heterocycles. The summed E-state index contributed by atoms with van der Waals surface area (Å²) in [7, 11) is -3.60. The summed E-state index contributed by atoms with van der Waals surface area (Å²) in [6.07, 6.45) is 1.81. The minimum Gasteiger partial charge on any atom is -0.207 e. The number of nitriles is 1. The monoisotopic (exact) mass is 312 g/mol. The third kappa shape index (κ3) is 3.14. The number of halogens is 1. The number of hydrogen-bond acceptors (Lipinski definition) is 3. The van der Waals surface area contributed by atoms with Gasteiger partial charge in [-0.15, -0.1) is 0 Å². The maximum Gasteiger partial charge on any atom is 0.244 e. The number of benzene rings is 1. The highest BCUT2D eigenvalue weighted by molar-refractivity contribution is 7.89. The fraction of sp³-hybridized carbons (Fsp3) is 0.500. The molecule has 0 saturated heterocycles. The number of hydrogen-bond donors (Lipinski definition) is 0. The van der Waals surface area contributed by atoms with Crippen molar-refractivity contribution in [2.45, 2.75) is 37.6 Å². The molecular weight excluding hydrogens is 296 g/mol. The highest BCUT2D eigenvalue weighted by Gasteiger charge is 2.39. The third-order valence-electron chi connectivity index (χ3n) is 3.15. The predicted octanol–water partition coefficient (Wildman–Crippen LogP) is 3.02. The van der Waals surface area contributed by atoms with Gasteiger partial charge in [-0.3, -0.25) is 0 Å². The van der Waals surface area contributed by atoms with Crippen LogP contribution < -0.4 is 0 Å². The number of sulfonamides is 1. The van der Waals surface area contributed by atoms with E-state index in [1.807, 2.05) is 19.9 Å². The fourth-order valence-corrected chi connectivity index (χ4v) is 4.44. The summed E-state index contributed by atoms with van der Waals surface area (Å²) in [4.78, 5) is 0.0886. The van der Waals surface area contributed by atoms with Crippen molar-refractivity contribution in [1.29, 1.82) is 5.26 Å². The van der Waals surface area contributed by atoms with Crippen LogP contribution in [0.15, 0.2) is 23.1 Å². The molecule has 1 aliphatic carbocycles. The Hall–Kier alpha value is -1.09. The van der Waals surface area contributed by atoms with Gasteiger partial charge in [-0.25, -0.2) is 8.42 Å². The Bertz CT molecular complexity index is 646. The first-order valence-corrected chi connectivity index (χ1v) is 8.39. The SMILES string of the molecule is CC(C)CN(C1CC1)S(=O)(=O)c1ccc(C#N)cc1Cl. The molecule has 4 nitrogen and oxygen atoms in total. The molecular formula is C14H17ClN2O2S. The van der Waals surface area contributed by atoms with Crippen LogP contribution in [0.5, 0.6) is 0 Å². The maximum absolute atomic E-state index is 12.7. The van der Waals surface area contributed by atoms with Crippen molar-refractivity contribution < 1.29 is 8.42 Å². The van der Waals surface area contributed by atoms with E-state index in [9.17, 15) is 8.42 Å². The molecule has 2 rings (SSSR count). The van der Waals surface area contributed by atoms with Crippen LogP contribution in [0, 0.1) is 17.2 Å². The molecule has 0 bridgehead atoms. The van der Waals surface area contributed by atoms with E-state index in [4.69, 9.17) is 16.9 Å². The van der Waals surface area contributed by atoms with Crippen LogP contribution in [0.4, 0.5) is 0 Å². The summed E-state index contributed by atoms with van der Waals surface area (Å²) < 4.78 is 27.0. The number of rotatable bonds is 5. The Morgan fingerprint density at radius 1 is 1.45 bits per heavy atom. The van der Waals surface area contributed by atoms with E-state index in [0.29, 0.717) is 12.1 Å². The lowest BCUT2D eigenvalue weighted by molar-refractivity contribution is 0.360. The summed E-state index contributed by atoms with van der Waals surface area (Å²) >= 11 is 6.04. The van der Waals surface area contributed by atoms with E-state index in [0.717, 1.165) is 12.8 Å². The van der Waals surface area contributed by atoms with Gasteiger partial charge in [0.1, 0.15) is 4.90 Å². The summed E-state index contributed by atoms with van der Waals surface area (Å²) in [5.74, 6) is 0.252. The van der Waals surface area contributed by atoms with E-state index in [-0.39, 0.29) is 21.9 Å². The predicted molar refractivity (Wildman–Crippen MR) is 77.9 cm³/mol. The molecule has 1 fully saturated rings. The number of nitrogens with zero attached hydrogens (tertiary/aromatic N) is 2. The molecule has 0 atom stereocenters. The van der Waals surface area contributed by atoms with Gasteiger partial charge in [0.15, 0.2) is 0 Å². The first-order chi connectivity index (χ1) is 9.36. The molecule has 20 heavy (non-hydrogen) atoms. The Morgan fingerprint density at radius 2 is 2.10 bits per heavy atom. The molecule has 1 aliphatic rings. The average Bonchev–Trinajstić information content (AvgIpc) is 3.19. The Balaban J connectivity index is 2.40. The van der Waals surface area contributed by atoms with Gasteiger partial charge >= 0.3 is 0 Å². The first kappa shape index (κ1) is 15.3. The molecule has 0 heterocycles. The van der Waals surface area contributed by atoms with Crippen LogP contribution in [0.3, 0.4) is 0 Å². The Kier molecular flexibility index (Phi) is 4.38. The zero-order valence-electron chi connectivity index (χ0n) is 11.5. The second-order valence-corrected chi connectivity index (χ2v) is 7.72. The van der Waals surface area contributed by atoms with Gasteiger partial charge in [0.2, 0.25) is 10.0 Å². The minimum absolute atomic E-state index is 0.0886. The van der Waals surface area contributed by atoms with Gasteiger partial charge < -0.3 is 0 Å². The van der Waals surface area contributed by atoms with Crippen LogP contribution >= 0.6 is 11.6 Å². The van der Waals surface area contributed by atoms with Gasteiger partial charge in [-0.05, 0) is 37.0 Å². The van der Waals surface area contributed by atoms with Crippen molar-refractivity contribution in [3.8, 4) is 6.07 Å². The van der Waals surface area contributed by atoms with Gasteiger partial charge in [0.25, 0.3) is 0 Å².